The Balaban J connectivity index is 2.78. The fraction of sp³-hybridized carbons (Fsp3) is 0.833. The molecule has 1 fully saturated rings. The molecule has 0 aromatic heterocycles. The lowest BCUT2D eigenvalue weighted by Gasteiger charge is -2.39. The zero-order chi connectivity index (χ0) is 12.5. The lowest BCUT2D eigenvalue weighted by Crippen LogP contribution is -2.51. The predicted molar refractivity (Wildman–Crippen MR) is 61.0 cm³/mol. The van der Waals surface area contributed by atoms with E-state index in [1.165, 1.54) is 13.8 Å². The van der Waals surface area contributed by atoms with Gasteiger partial charge in [0.15, 0.2) is 0 Å². The standard InChI is InChI=1S/C12H21NO3/c1-8-5-6-13(9(2)7-8)10(14)12(3,4)11(15)16/h8-9H,5-7H2,1-4H3,(H,15,16). The van der Waals surface area contributed by atoms with Crippen LogP contribution in [0.2, 0.25) is 0 Å². The third-order valence-corrected chi connectivity index (χ3v) is 3.47. The van der Waals surface area contributed by atoms with Gasteiger partial charge in [-0.2, -0.15) is 0 Å². The zero-order valence-electron chi connectivity index (χ0n) is 10.5. The van der Waals surface area contributed by atoms with Gasteiger partial charge in [-0.05, 0) is 39.5 Å². The first-order chi connectivity index (χ1) is 7.26. The Hall–Kier alpha value is -1.06. The number of rotatable bonds is 2. The van der Waals surface area contributed by atoms with Crippen molar-refractivity contribution in [1.29, 1.82) is 0 Å². The normalized spacial score (nSPS) is 26.6. The molecule has 1 aliphatic rings. The lowest BCUT2D eigenvalue weighted by molar-refractivity contribution is -0.160. The number of aliphatic carboxylic acids is 1. The van der Waals surface area contributed by atoms with Crippen molar-refractivity contribution in [1.82, 2.24) is 4.90 Å². The van der Waals surface area contributed by atoms with Gasteiger partial charge < -0.3 is 10.0 Å². The van der Waals surface area contributed by atoms with E-state index in [0.29, 0.717) is 12.5 Å². The molecule has 1 rings (SSSR count). The van der Waals surface area contributed by atoms with E-state index < -0.39 is 11.4 Å². The summed E-state index contributed by atoms with van der Waals surface area (Å²) in [5.41, 5.74) is -1.31. The van der Waals surface area contributed by atoms with Crippen molar-refractivity contribution in [3.63, 3.8) is 0 Å². The number of hydrogen-bond donors (Lipinski definition) is 1. The Morgan fingerprint density at radius 1 is 1.31 bits per heavy atom. The molecular formula is C12H21NO3. The van der Waals surface area contributed by atoms with Crippen molar-refractivity contribution in [2.24, 2.45) is 11.3 Å². The number of nitrogens with zero attached hydrogens (tertiary/aromatic N) is 1. The minimum absolute atomic E-state index is 0.148. The molecule has 2 unspecified atom stereocenters. The molecule has 0 aliphatic carbocycles. The summed E-state index contributed by atoms with van der Waals surface area (Å²) in [6, 6.07) is 0.148. The molecule has 1 amide bonds. The fourth-order valence-corrected chi connectivity index (χ4v) is 2.16. The maximum Gasteiger partial charge on any atom is 0.318 e. The Morgan fingerprint density at radius 3 is 2.31 bits per heavy atom. The molecule has 0 aromatic carbocycles. The highest BCUT2D eigenvalue weighted by Gasteiger charge is 2.41. The van der Waals surface area contributed by atoms with E-state index in [0.717, 1.165) is 12.8 Å². The molecule has 0 spiro atoms. The molecule has 16 heavy (non-hydrogen) atoms. The average molecular weight is 227 g/mol. The molecule has 0 aromatic rings. The summed E-state index contributed by atoms with van der Waals surface area (Å²) >= 11 is 0. The number of carbonyl (C=O) groups excluding carboxylic acids is 1. The van der Waals surface area contributed by atoms with Crippen LogP contribution in [0.3, 0.4) is 0 Å². The van der Waals surface area contributed by atoms with Crippen LogP contribution in [-0.4, -0.2) is 34.5 Å². The number of hydrogen-bond acceptors (Lipinski definition) is 2. The van der Waals surface area contributed by atoms with Gasteiger partial charge in [0, 0.05) is 12.6 Å². The van der Waals surface area contributed by atoms with E-state index in [1.807, 2.05) is 6.92 Å². The highest BCUT2D eigenvalue weighted by Crippen LogP contribution is 2.27. The minimum atomic E-state index is -1.31. The summed E-state index contributed by atoms with van der Waals surface area (Å²) in [7, 11) is 0. The van der Waals surface area contributed by atoms with Crippen molar-refractivity contribution < 1.29 is 14.7 Å². The van der Waals surface area contributed by atoms with Crippen LogP contribution in [0.5, 0.6) is 0 Å². The molecule has 1 aliphatic heterocycles. The van der Waals surface area contributed by atoms with Crippen molar-refractivity contribution in [2.45, 2.75) is 46.6 Å². The van der Waals surface area contributed by atoms with Gasteiger partial charge >= 0.3 is 5.97 Å². The Labute approximate surface area is 96.6 Å². The minimum Gasteiger partial charge on any atom is -0.480 e. The summed E-state index contributed by atoms with van der Waals surface area (Å²) in [5, 5.41) is 9.03. The second-order valence-electron chi connectivity index (χ2n) is 5.41. The van der Waals surface area contributed by atoms with Crippen LogP contribution in [0.1, 0.15) is 40.5 Å². The van der Waals surface area contributed by atoms with Crippen molar-refractivity contribution in [2.75, 3.05) is 6.54 Å². The van der Waals surface area contributed by atoms with E-state index in [2.05, 4.69) is 6.92 Å². The van der Waals surface area contributed by atoms with E-state index in [4.69, 9.17) is 5.11 Å². The summed E-state index contributed by atoms with van der Waals surface area (Å²) in [6.45, 7) is 7.79. The number of carboxylic acid groups (broad SMARTS) is 1. The fourth-order valence-electron chi connectivity index (χ4n) is 2.16. The lowest BCUT2D eigenvalue weighted by atomic mass is 9.87. The van der Waals surface area contributed by atoms with Gasteiger partial charge in [0.1, 0.15) is 5.41 Å². The number of piperidine rings is 1. The molecule has 0 radical (unpaired) electrons. The first-order valence-electron chi connectivity index (χ1n) is 5.81. The summed E-state index contributed by atoms with van der Waals surface area (Å²) in [5.74, 6) is -0.699. The molecule has 0 saturated carbocycles. The average Bonchev–Trinajstić information content (AvgIpc) is 2.16. The van der Waals surface area contributed by atoms with E-state index in [1.54, 1.807) is 4.90 Å². The van der Waals surface area contributed by atoms with Gasteiger partial charge in [-0.25, -0.2) is 0 Å². The van der Waals surface area contributed by atoms with Gasteiger partial charge in [-0.15, -0.1) is 0 Å². The highest BCUT2D eigenvalue weighted by atomic mass is 16.4. The number of likely N-dealkylation sites (tertiary alicyclic amines) is 1. The first-order valence-corrected chi connectivity index (χ1v) is 5.81. The van der Waals surface area contributed by atoms with Crippen molar-refractivity contribution in [3.8, 4) is 0 Å². The summed E-state index contributed by atoms with van der Waals surface area (Å²) in [6.07, 6.45) is 1.92. The predicted octanol–water partition coefficient (Wildman–Crippen LogP) is 1.74. The summed E-state index contributed by atoms with van der Waals surface area (Å²) in [4.78, 5) is 24.9. The number of carboxylic acids is 1. The summed E-state index contributed by atoms with van der Waals surface area (Å²) < 4.78 is 0. The highest BCUT2D eigenvalue weighted by molar-refractivity contribution is 6.01. The van der Waals surface area contributed by atoms with Gasteiger partial charge in [-0.3, -0.25) is 9.59 Å². The van der Waals surface area contributed by atoms with Gasteiger partial charge in [0.25, 0.3) is 0 Å². The number of amides is 1. The van der Waals surface area contributed by atoms with Crippen LogP contribution < -0.4 is 0 Å². The molecule has 2 atom stereocenters. The van der Waals surface area contributed by atoms with Gasteiger partial charge in [0.05, 0.1) is 0 Å². The second-order valence-corrected chi connectivity index (χ2v) is 5.41. The van der Waals surface area contributed by atoms with Crippen LogP contribution in [0.25, 0.3) is 0 Å². The Bertz CT molecular complexity index is 299. The molecule has 92 valence electrons. The number of carbonyl (C=O) groups is 2. The maximum atomic E-state index is 12.1. The van der Waals surface area contributed by atoms with Gasteiger partial charge in [0.2, 0.25) is 5.91 Å². The zero-order valence-corrected chi connectivity index (χ0v) is 10.5. The van der Waals surface area contributed by atoms with Crippen LogP contribution >= 0.6 is 0 Å². The second kappa shape index (κ2) is 4.44. The SMILES string of the molecule is CC1CCN(C(=O)C(C)(C)C(=O)O)C(C)C1. The quantitative estimate of drug-likeness (QED) is 0.731. The van der Waals surface area contributed by atoms with Crippen LogP contribution in [-0.2, 0) is 9.59 Å². The topological polar surface area (TPSA) is 57.6 Å². The third-order valence-electron chi connectivity index (χ3n) is 3.47. The Kier molecular flexibility index (Phi) is 3.61. The van der Waals surface area contributed by atoms with Gasteiger partial charge in [-0.1, -0.05) is 6.92 Å². The molecule has 1 N–H and O–H groups in total. The van der Waals surface area contributed by atoms with E-state index >= 15 is 0 Å². The monoisotopic (exact) mass is 227 g/mol. The molecule has 0 bridgehead atoms. The molecule has 4 heteroatoms. The van der Waals surface area contributed by atoms with Crippen molar-refractivity contribution in [3.05, 3.63) is 0 Å². The molecule has 1 saturated heterocycles. The largest absolute Gasteiger partial charge is 0.480 e. The maximum absolute atomic E-state index is 12.1. The third kappa shape index (κ3) is 2.36. The Morgan fingerprint density at radius 2 is 1.88 bits per heavy atom. The molecular weight excluding hydrogens is 206 g/mol. The molecule has 1 heterocycles. The van der Waals surface area contributed by atoms with Crippen LogP contribution in [0.4, 0.5) is 0 Å². The van der Waals surface area contributed by atoms with Crippen LogP contribution in [0.15, 0.2) is 0 Å². The first kappa shape index (κ1) is 13.0. The smallest absolute Gasteiger partial charge is 0.318 e. The van der Waals surface area contributed by atoms with Crippen molar-refractivity contribution >= 4 is 11.9 Å². The van der Waals surface area contributed by atoms with E-state index in [-0.39, 0.29) is 11.9 Å². The molecule has 4 nitrogen and oxygen atoms in total. The van der Waals surface area contributed by atoms with Crippen LogP contribution in [0, 0.1) is 11.3 Å². The van der Waals surface area contributed by atoms with E-state index in [9.17, 15) is 9.59 Å².